The molecule has 5 aromatic rings. The van der Waals surface area contributed by atoms with Crippen molar-refractivity contribution in [1.82, 2.24) is 15.0 Å². The largest absolute Gasteiger partial charge is 0.355 e. The van der Waals surface area contributed by atoms with Crippen LogP contribution in [0.25, 0.3) is 22.2 Å². The number of H-pyrrole nitrogens is 1. The summed E-state index contributed by atoms with van der Waals surface area (Å²) >= 11 is 0. The van der Waals surface area contributed by atoms with Gasteiger partial charge in [0, 0.05) is 52.1 Å². The van der Waals surface area contributed by atoms with E-state index in [9.17, 15) is 9.59 Å². The molecule has 3 N–H and O–H groups in total. The van der Waals surface area contributed by atoms with Crippen LogP contribution in [-0.4, -0.2) is 26.8 Å². The third-order valence-corrected chi connectivity index (χ3v) is 5.17. The highest BCUT2D eigenvalue weighted by molar-refractivity contribution is 6.05. The quantitative estimate of drug-likeness (QED) is 0.358. The first-order valence-electron chi connectivity index (χ1n) is 10.3. The maximum atomic E-state index is 12.4. The molecule has 3 heterocycles. The predicted octanol–water partition coefficient (Wildman–Crippen LogP) is 5.13. The number of anilines is 2. The molecule has 5 rings (SSSR count). The van der Waals surface area contributed by atoms with Gasteiger partial charge in [-0.15, -0.1) is 0 Å². The number of carbonyl (C=O) groups is 2. The molecule has 160 valence electrons. The average Bonchev–Trinajstić information content (AvgIpc) is 3.29. The number of amides is 2. The van der Waals surface area contributed by atoms with Gasteiger partial charge in [0.2, 0.25) is 0 Å². The molecule has 0 fully saturated rings. The number of hydrogen-bond acceptors (Lipinski definition) is 4. The van der Waals surface area contributed by atoms with Gasteiger partial charge in [-0.2, -0.15) is 0 Å². The van der Waals surface area contributed by atoms with Crippen LogP contribution in [0.3, 0.4) is 0 Å². The summed E-state index contributed by atoms with van der Waals surface area (Å²) in [5, 5.41) is 6.73. The molecule has 2 aromatic carbocycles. The fourth-order valence-corrected chi connectivity index (χ4v) is 3.50. The number of benzene rings is 2. The Morgan fingerprint density at radius 1 is 0.727 bits per heavy atom. The van der Waals surface area contributed by atoms with Gasteiger partial charge in [-0.3, -0.25) is 19.6 Å². The van der Waals surface area contributed by atoms with E-state index in [0.717, 1.165) is 22.2 Å². The molecular formula is C26H19N5O2. The summed E-state index contributed by atoms with van der Waals surface area (Å²) in [6.07, 6.45) is 4.76. The molecule has 3 aromatic heterocycles. The maximum Gasteiger partial charge on any atom is 0.274 e. The van der Waals surface area contributed by atoms with Crippen LogP contribution in [0.1, 0.15) is 20.8 Å². The minimum absolute atomic E-state index is 0.184. The van der Waals surface area contributed by atoms with Crippen LogP contribution in [0.5, 0.6) is 0 Å². The predicted molar refractivity (Wildman–Crippen MR) is 128 cm³/mol. The van der Waals surface area contributed by atoms with Crippen molar-refractivity contribution in [2.45, 2.75) is 0 Å². The van der Waals surface area contributed by atoms with Gasteiger partial charge in [0.15, 0.2) is 0 Å². The second-order valence-electron chi connectivity index (χ2n) is 7.42. The summed E-state index contributed by atoms with van der Waals surface area (Å²) in [6.45, 7) is 0. The first-order chi connectivity index (χ1) is 16.2. The number of pyridine rings is 2. The van der Waals surface area contributed by atoms with Crippen LogP contribution in [0.15, 0.2) is 97.5 Å². The Kier molecular flexibility index (Phi) is 5.35. The first kappa shape index (κ1) is 20.1. The zero-order valence-electron chi connectivity index (χ0n) is 17.4. The van der Waals surface area contributed by atoms with Gasteiger partial charge < -0.3 is 15.6 Å². The van der Waals surface area contributed by atoms with E-state index >= 15 is 0 Å². The minimum Gasteiger partial charge on any atom is -0.355 e. The molecule has 0 aliphatic heterocycles. The van der Waals surface area contributed by atoms with Crippen molar-refractivity contribution in [3.8, 4) is 11.3 Å². The Morgan fingerprint density at radius 3 is 2.24 bits per heavy atom. The van der Waals surface area contributed by atoms with Crippen LogP contribution in [-0.2, 0) is 0 Å². The lowest BCUT2D eigenvalue weighted by Crippen LogP contribution is -2.13. The van der Waals surface area contributed by atoms with Crippen molar-refractivity contribution < 1.29 is 9.59 Å². The summed E-state index contributed by atoms with van der Waals surface area (Å²) in [6, 6.07) is 23.9. The lowest BCUT2D eigenvalue weighted by molar-refractivity contribution is 0.101. The molecule has 0 unspecified atom stereocenters. The maximum absolute atomic E-state index is 12.4. The number of fused-ring (bicyclic) bond motifs is 1. The van der Waals surface area contributed by atoms with E-state index in [0.29, 0.717) is 22.6 Å². The Balaban J connectivity index is 1.31. The third-order valence-electron chi connectivity index (χ3n) is 5.17. The van der Waals surface area contributed by atoms with Crippen molar-refractivity contribution in [1.29, 1.82) is 0 Å². The highest BCUT2D eigenvalue weighted by Crippen LogP contribution is 2.27. The molecule has 0 aliphatic rings. The number of nitrogens with one attached hydrogen (secondary N) is 3. The van der Waals surface area contributed by atoms with Crippen LogP contribution >= 0.6 is 0 Å². The van der Waals surface area contributed by atoms with Gasteiger partial charge in [-0.05, 0) is 66.2 Å². The van der Waals surface area contributed by atoms with E-state index in [1.807, 2.05) is 48.5 Å². The van der Waals surface area contributed by atoms with Gasteiger partial charge in [0.25, 0.3) is 11.8 Å². The Morgan fingerprint density at radius 2 is 1.48 bits per heavy atom. The fourth-order valence-electron chi connectivity index (χ4n) is 3.50. The Bertz CT molecular complexity index is 1430. The van der Waals surface area contributed by atoms with E-state index in [4.69, 9.17) is 0 Å². The van der Waals surface area contributed by atoms with E-state index < -0.39 is 0 Å². The molecule has 0 saturated heterocycles. The smallest absolute Gasteiger partial charge is 0.274 e. The lowest BCUT2D eigenvalue weighted by atomic mass is 10.1. The summed E-state index contributed by atoms with van der Waals surface area (Å²) < 4.78 is 0. The topological polar surface area (TPSA) is 99.8 Å². The van der Waals surface area contributed by atoms with Gasteiger partial charge >= 0.3 is 0 Å². The number of nitrogens with zero attached hydrogens (tertiary/aromatic N) is 2. The number of aromatic nitrogens is 3. The molecule has 7 nitrogen and oxygen atoms in total. The standard InChI is InChI=1S/C26H19N5O2/c32-25(18-10-13-27-14-11-18)29-20-6-4-17(5-7-20)24-16-19-15-21(8-9-22(19)31-24)30-26(33)23-3-1-2-12-28-23/h1-16,31H,(H,29,32)(H,30,33). The Hall–Kier alpha value is -4.78. The van der Waals surface area contributed by atoms with Gasteiger partial charge in [0.1, 0.15) is 5.69 Å². The van der Waals surface area contributed by atoms with Crippen molar-refractivity contribution in [3.63, 3.8) is 0 Å². The lowest BCUT2D eigenvalue weighted by Gasteiger charge is -2.06. The zero-order valence-corrected chi connectivity index (χ0v) is 17.4. The molecule has 0 spiro atoms. The first-order valence-corrected chi connectivity index (χ1v) is 10.3. The summed E-state index contributed by atoms with van der Waals surface area (Å²) in [4.78, 5) is 36.1. The molecule has 0 saturated carbocycles. The van der Waals surface area contributed by atoms with Gasteiger partial charge in [-0.1, -0.05) is 18.2 Å². The number of rotatable bonds is 5. The molecule has 2 amide bonds. The van der Waals surface area contributed by atoms with Crippen molar-refractivity contribution >= 4 is 34.1 Å². The van der Waals surface area contributed by atoms with Crippen LogP contribution in [0, 0.1) is 0 Å². The summed E-state index contributed by atoms with van der Waals surface area (Å²) in [5.74, 6) is -0.439. The third kappa shape index (κ3) is 4.47. The van der Waals surface area contributed by atoms with Crippen molar-refractivity contribution in [2.75, 3.05) is 10.6 Å². The van der Waals surface area contributed by atoms with Gasteiger partial charge in [0.05, 0.1) is 0 Å². The van der Waals surface area contributed by atoms with Crippen LogP contribution < -0.4 is 10.6 Å². The average molecular weight is 433 g/mol. The fraction of sp³-hybridized carbons (Fsp3) is 0. The number of hydrogen-bond donors (Lipinski definition) is 3. The molecule has 0 radical (unpaired) electrons. The van der Waals surface area contributed by atoms with Crippen LogP contribution in [0.4, 0.5) is 11.4 Å². The second-order valence-corrected chi connectivity index (χ2v) is 7.42. The van der Waals surface area contributed by atoms with E-state index in [1.54, 1.807) is 48.9 Å². The van der Waals surface area contributed by atoms with E-state index in [-0.39, 0.29) is 11.8 Å². The van der Waals surface area contributed by atoms with E-state index in [2.05, 4.69) is 25.6 Å². The SMILES string of the molecule is O=C(Nc1ccc(-c2cc3cc(NC(=O)c4ccccn4)ccc3[nH]2)cc1)c1ccncc1. The molecule has 33 heavy (non-hydrogen) atoms. The second kappa shape index (κ2) is 8.76. The Labute approximate surface area is 189 Å². The number of aromatic amines is 1. The van der Waals surface area contributed by atoms with Gasteiger partial charge in [-0.25, -0.2) is 0 Å². The number of carbonyl (C=O) groups excluding carboxylic acids is 2. The van der Waals surface area contributed by atoms with Crippen molar-refractivity contribution in [3.05, 3.63) is 109 Å². The van der Waals surface area contributed by atoms with Crippen molar-refractivity contribution in [2.24, 2.45) is 0 Å². The zero-order chi connectivity index (χ0) is 22.6. The molecular weight excluding hydrogens is 414 g/mol. The highest BCUT2D eigenvalue weighted by atomic mass is 16.2. The van der Waals surface area contributed by atoms with E-state index in [1.165, 1.54) is 0 Å². The molecule has 0 bridgehead atoms. The monoisotopic (exact) mass is 433 g/mol. The highest BCUT2D eigenvalue weighted by Gasteiger charge is 2.10. The minimum atomic E-state index is -0.255. The normalized spacial score (nSPS) is 10.7. The molecule has 7 heteroatoms. The molecule has 0 aliphatic carbocycles. The summed E-state index contributed by atoms with van der Waals surface area (Å²) in [5.41, 5.74) is 5.18. The van der Waals surface area contributed by atoms with Crippen LogP contribution in [0.2, 0.25) is 0 Å². The summed E-state index contributed by atoms with van der Waals surface area (Å²) in [7, 11) is 0. The molecule has 0 atom stereocenters.